The number of hydrogen-bond donors (Lipinski definition) is 1. The van der Waals surface area contributed by atoms with Gasteiger partial charge in [-0.25, -0.2) is 0 Å². The minimum atomic E-state index is -0.478. The molecule has 4 rings (SSSR count). The number of nitrogens with zero attached hydrogens (tertiary/aromatic N) is 5. The molecule has 1 saturated carbocycles. The van der Waals surface area contributed by atoms with E-state index in [0.717, 1.165) is 53.8 Å². The van der Waals surface area contributed by atoms with E-state index in [-0.39, 0.29) is 5.91 Å². The summed E-state index contributed by atoms with van der Waals surface area (Å²) in [6.07, 6.45) is 5.66. The van der Waals surface area contributed by atoms with Crippen molar-refractivity contribution in [1.29, 1.82) is 0 Å². The Morgan fingerprint density at radius 1 is 1.13 bits per heavy atom. The van der Waals surface area contributed by atoms with Gasteiger partial charge in [-0.1, -0.05) is 66.6 Å². The van der Waals surface area contributed by atoms with Gasteiger partial charge in [-0.2, -0.15) is 15.8 Å². The number of carbonyl (C=O) groups is 1. The maximum Gasteiger partial charge on any atom is 0.256 e. The summed E-state index contributed by atoms with van der Waals surface area (Å²) in [6.45, 7) is 2.51. The Bertz CT molecular complexity index is 1000. The Kier molecular flexibility index (Phi) is 5.70. The molecule has 0 radical (unpaired) electrons. The fourth-order valence-corrected chi connectivity index (χ4v) is 4.30. The Morgan fingerprint density at radius 3 is 2.60 bits per heavy atom. The summed E-state index contributed by atoms with van der Waals surface area (Å²) in [6, 6.07) is 16.4. The summed E-state index contributed by atoms with van der Waals surface area (Å²) < 4.78 is 0. The molecular formula is C23H26N6O. The molecule has 0 saturated heterocycles. The highest BCUT2D eigenvalue weighted by Gasteiger charge is 2.48. The predicted molar refractivity (Wildman–Crippen MR) is 118 cm³/mol. The van der Waals surface area contributed by atoms with Gasteiger partial charge < -0.3 is 0 Å². The Balaban J connectivity index is 1.50. The first-order valence-electron chi connectivity index (χ1n) is 10.3. The molecule has 2 aliphatic rings. The molecule has 1 heterocycles. The highest BCUT2D eigenvalue weighted by Crippen LogP contribution is 2.39. The molecule has 30 heavy (non-hydrogen) atoms. The first-order valence-corrected chi connectivity index (χ1v) is 10.3. The van der Waals surface area contributed by atoms with Gasteiger partial charge in [-0.15, -0.1) is 0 Å². The van der Waals surface area contributed by atoms with Gasteiger partial charge in [0.25, 0.3) is 5.91 Å². The van der Waals surface area contributed by atoms with E-state index < -0.39 is 5.54 Å². The predicted octanol–water partition coefficient (Wildman–Crippen LogP) is 4.35. The monoisotopic (exact) mass is 402 g/mol. The second kappa shape index (κ2) is 8.57. The zero-order chi connectivity index (χ0) is 21.0. The van der Waals surface area contributed by atoms with Gasteiger partial charge in [0.15, 0.2) is 0 Å². The summed E-state index contributed by atoms with van der Waals surface area (Å²) in [5.41, 5.74) is 6.27. The molecule has 154 valence electrons. The van der Waals surface area contributed by atoms with Gasteiger partial charge in [-0.3, -0.25) is 14.7 Å². The van der Waals surface area contributed by atoms with E-state index >= 15 is 0 Å². The van der Waals surface area contributed by atoms with Crippen LogP contribution in [0.3, 0.4) is 0 Å². The third-order valence-electron chi connectivity index (χ3n) is 5.81. The fraction of sp³-hybridized carbons (Fsp3) is 0.348. The first-order chi connectivity index (χ1) is 14.6. The maximum absolute atomic E-state index is 13.0. The van der Waals surface area contributed by atoms with E-state index in [9.17, 15) is 4.79 Å². The normalized spacial score (nSPS) is 18.1. The molecule has 2 aromatic rings. The third-order valence-corrected chi connectivity index (χ3v) is 5.81. The van der Waals surface area contributed by atoms with Gasteiger partial charge in [0, 0.05) is 5.56 Å². The number of nitrogens with one attached hydrogen (secondary N) is 1. The Hall–Kier alpha value is -3.35. The number of amides is 1. The Morgan fingerprint density at radius 2 is 1.87 bits per heavy atom. The maximum atomic E-state index is 13.0. The average Bonchev–Trinajstić information content (AvgIpc) is 3.33. The number of benzene rings is 2. The number of carbonyl (C=O) groups excluding carboxylic acids is 1. The minimum absolute atomic E-state index is 0.167. The van der Waals surface area contributed by atoms with Gasteiger partial charge >= 0.3 is 0 Å². The van der Waals surface area contributed by atoms with Crippen LogP contribution in [0.1, 0.15) is 43.7 Å². The number of hydrogen-bond acceptors (Lipinski definition) is 5. The lowest BCUT2D eigenvalue weighted by molar-refractivity contribution is -0.131. The molecule has 1 N–H and O–H groups in total. The van der Waals surface area contributed by atoms with E-state index in [4.69, 9.17) is 4.99 Å². The summed E-state index contributed by atoms with van der Waals surface area (Å²) >= 11 is 0. The summed E-state index contributed by atoms with van der Waals surface area (Å²) in [7, 11) is 1.58. The number of rotatable bonds is 6. The SMILES string of the molecule is CN=NN/N=C/c1ccccc1-c1ccc(CN2C(=O)C3(CCCC3)N=C2C)cc1. The summed E-state index contributed by atoms with van der Waals surface area (Å²) in [5.74, 6) is 1.00. The van der Waals surface area contributed by atoms with Crippen molar-refractivity contribution in [3.63, 3.8) is 0 Å². The van der Waals surface area contributed by atoms with Gasteiger partial charge in [0.2, 0.25) is 0 Å². The second-order valence-corrected chi connectivity index (χ2v) is 7.73. The zero-order valence-electron chi connectivity index (χ0n) is 17.4. The van der Waals surface area contributed by atoms with Crippen LogP contribution in [-0.2, 0) is 11.3 Å². The minimum Gasteiger partial charge on any atom is -0.294 e. The quantitative estimate of drug-likeness (QED) is 0.443. The molecule has 0 unspecified atom stereocenters. The molecule has 7 heteroatoms. The topological polar surface area (TPSA) is 81.8 Å². The van der Waals surface area contributed by atoms with E-state index in [1.165, 1.54) is 0 Å². The number of hydrazone groups is 1. The molecule has 1 amide bonds. The lowest BCUT2D eigenvalue weighted by Crippen LogP contribution is -2.40. The van der Waals surface area contributed by atoms with Crippen LogP contribution in [0, 0.1) is 0 Å². The molecule has 0 bridgehead atoms. The van der Waals surface area contributed by atoms with Gasteiger partial charge in [0.05, 0.1) is 19.8 Å². The van der Waals surface area contributed by atoms with Crippen molar-refractivity contribution in [2.75, 3.05) is 7.05 Å². The molecule has 0 atom stereocenters. The molecule has 0 aromatic heterocycles. The highest BCUT2D eigenvalue weighted by molar-refractivity contribution is 6.07. The summed E-state index contributed by atoms with van der Waals surface area (Å²) in [4.78, 5) is 19.6. The van der Waals surface area contributed by atoms with E-state index in [2.05, 4.69) is 51.3 Å². The number of amidine groups is 1. The van der Waals surface area contributed by atoms with Crippen LogP contribution in [0.2, 0.25) is 0 Å². The zero-order valence-corrected chi connectivity index (χ0v) is 17.4. The van der Waals surface area contributed by atoms with Gasteiger partial charge in [-0.05, 0) is 36.5 Å². The van der Waals surface area contributed by atoms with Crippen LogP contribution in [0.5, 0.6) is 0 Å². The van der Waals surface area contributed by atoms with Crippen LogP contribution >= 0.6 is 0 Å². The summed E-state index contributed by atoms with van der Waals surface area (Å²) in [5, 5.41) is 11.3. The molecular weight excluding hydrogens is 376 g/mol. The van der Waals surface area contributed by atoms with Crippen molar-refractivity contribution in [3.05, 3.63) is 59.7 Å². The molecule has 1 spiro atoms. The first kappa shape index (κ1) is 19.9. The van der Waals surface area contributed by atoms with Crippen molar-refractivity contribution in [2.24, 2.45) is 20.4 Å². The van der Waals surface area contributed by atoms with Crippen LogP contribution in [0.4, 0.5) is 0 Å². The second-order valence-electron chi connectivity index (χ2n) is 7.73. The van der Waals surface area contributed by atoms with Gasteiger partial charge in [0.1, 0.15) is 11.4 Å². The molecule has 1 aliphatic heterocycles. The van der Waals surface area contributed by atoms with Crippen molar-refractivity contribution in [2.45, 2.75) is 44.7 Å². The van der Waals surface area contributed by atoms with Crippen LogP contribution in [-0.4, -0.2) is 35.4 Å². The lowest BCUT2D eigenvalue weighted by atomic mass is 9.97. The van der Waals surface area contributed by atoms with Crippen molar-refractivity contribution < 1.29 is 4.79 Å². The Labute approximate surface area is 176 Å². The van der Waals surface area contributed by atoms with Crippen molar-refractivity contribution in [3.8, 4) is 11.1 Å². The molecule has 1 fully saturated rings. The largest absolute Gasteiger partial charge is 0.294 e. The molecule has 2 aromatic carbocycles. The highest BCUT2D eigenvalue weighted by atomic mass is 16.2. The average molecular weight is 403 g/mol. The van der Waals surface area contributed by atoms with Crippen LogP contribution in [0.25, 0.3) is 11.1 Å². The standard InChI is InChI=1S/C23H26N6O/c1-17-26-23(13-5-6-14-23)22(30)29(17)16-18-9-11-19(12-10-18)21-8-4-3-7-20(21)15-25-28-27-24-2/h3-4,7-12,15H,5-6,13-14,16H2,1-2H3,(H,24,28)/b25-15+. The van der Waals surface area contributed by atoms with Crippen molar-refractivity contribution in [1.82, 2.24) is 10.4 Å². The molecule has 7 nitrogen and oxygen atoms in total. The van der Waals surface area contributed by atoms with Crippen LogP contribution < -0.4 is 5.53 Å². The lowest BCUT2D eigenvalue weighted by Gasteiger charge is -2.22. The van der Waals surface area contributed by atoms with E-state index in [1.54, 1.807) is 13.3 Å². The van der Waals surface area contributed by atoms with Crippen LogP contribution in [0.15, 0.2) is 69.0 Å². The number of aliphatic imine (C=N–C) groups is 1. The van der Waals surface area contributed by atoms with E-state index in [0.29, 0.717) is 6.54 Å². The van der Waals surface area contributed by atoms with E-state index in [1.807, 2.05) is 30.0 Å². The molecule has 1 aliphatic carbocycles. The smallest absolute Gasteiger partial charge is 0.256 e. The third kappa shape index (κ3) is 3.87. The fourth-order valence-electron chi connectivity index (χ4n) is 4.30. The van der Waals surface area contributed by atoms with Crippen molar-refractivity contribution >= 4 is 18.0 Å².